The molecule has 2 aromatic rings. The number of methoxy groups -OCH3 is 1. The summed E-state index contributed by atoms with van der Waals surface area (Å²) in [5.74, 6) is -0.615. The van der Waals surface area contributed by atoms with Crippen LogP contribution in [0.1, 0.15) is 46.7 Å². The van der Waals surface area contributed by atoms with Crippen LogP contribution in [0, 0.1) is 0 Å². The Morgan fingerprint density at radius 3 is 2.53 bits per heavy atom. The van der Waals surface area contributed by atoms with Crippen molar-refractivity contribution in [3.05, 3.63) is 83.1 Å². The van der Waals surface area contributed by atoms with Crippen LogP contribution < -0.4 is 5.32 Å². The van der Waals surface area contributed by atoms with Gasteiger partial charge in [0.25, 0.3) is 5.91 Å². The topological polar surface area (TPSA) is 94.1 Å². The molecule has 1 aliphatic heterocycles. The third-order valence-electron chi connectivity index (χ3n) is 5.19. The van der Waals surface area contributed by atoms with E-state index in [1.165, 1.54) is 7.11 Å². The molecular weight excluding hydrogens is 410 g/mol. The van der Waals surface area contributed by atoms with E-state index >= 15 is 0 Å². The second-order valence-electron chi connectivity index (χ2n) is 7.50. The Labute approximate surface area is 188 Å². The van der Waals surface area contributed by atoms with Crippen molar-refractivity contribution in [2.75, 3.05) is 20.3 Å². The molecule has 7 nitrogen and oxygen atoms in total. The molecule has 32 heavy (non-hydrogen) atoms. The Bertz CT molecular complexity index is 910. The highest BCUT2D eigenvalue weighted by atomic mass is 16.7. The van der Waals surface area contributed by atoms with E-state index in [-0.39, 0.29) is 24.2 Å². The van der Waals surface area contributed by atoms with Gasteiger partial charge in [0.1, 0.15) is 0 Å². The van der Waals surface area contributed by atoms with Gasteiger partial charge in [0, 0.05) is 25.5 Å². The number of allylic oxidation sites excluding steroid dienone is 1. The first kappa shape index (κ1) is 23.5. The van der Waals surface area contributed by atoms with Gasteiger partial charge in [-0.25, -0.2) is 4.79 Å². The fraction of sp³-hybridized carbons (Fsp3) is 0.360. The Balaban J connectivity index is 1.72. The van der Waals surface area contributed by atoms with E-state index in [9.17, 15) is 9.59 Å². The quantitative estimate of drug-likeness (QED) is 0.436. The second kappa shape index (κ2) is 12.0. The van der Waals surface area contributed by atoms with Crippen LogP contribution in [0.4, 0.5) is 0 Å². The first-order valence-electron chi connectivity index (χ1n) is 10.7. The number of hydrogen-bond acceptors (Lipinski definition) is 6. The van der Waals surface area contributed by atoms with Crippen LogP contribution in [-0.2, 0) is 25.5 Å². The Morgan fingerprint density at radius 1 is 1.09 bits per heavy atom. The number of carbonyl (C=O) groups is 2. The summed E-state index contributed by atoms with van der Waals surface area (Å²) < 4.78 is 16.4. The predicted molar refractivity (Wildman–Crippen MR) is 119 cm³/mol. The molecule has 7 heteroatoms. The van der Waals surface area contributed by atoms with Crippen LogP contribution in [-0.4, -0.2) is 43.6 Å². The van der Waals surface area contributed by atoms with E-state index in [1.54, 1.807) is 18.2 Å². The van der Waals surface area contributed by atoms with E-state index in [0.717, 1.165) is 11.1 Å². The standard InChI is InChI=1S/C25H29NO6/c1-30-25(29)20-11-9-19(10-12-20)21-15-22(32-23(16-21)31-14-6-5-13-27)24(28)26-17-18-7-3-2-4-8-18/h2-4,7-12,15,21,23,27H,5-6,13-14,16-17H2,1H3,(H,26,28)/t21-,23+/m1/s1. The maximum atomic E-state index is 12.8. The number of rotatable bonds is 10. The molecule has 0 bridgehead atoms. The molecule has 170 valence electrons. The number of ether oxygens (including phenoxy) is 3. The molecule has 2 N–H and O–H groups in total. The van der Waals surface area contributed by atoms with Gasteiger partial charge in [0.2, 0.25) is 6.29 Å². The highest BCUT2D eigenvalue weighted by Crippen LogP contribution is 2.32. The molecule has 0 saturated carbocycles. The van der Waals surface area contributed by atoms with E-state index in [4.69, 9.17) is 19.3 Å². The zero-order chi connectivity index (χ0) is 22.8. The monoisotopic (exact) mass is 439 g/mol. The average Bonchev–Trinajstić information content (AvgIpc) is 2.85. The number of unbranched alkanes of at least 4 members (excludes halogenated alkanes) is 1. The van der Waals surface area contributed by atoms with Crippen molar-refractivity contribution in [3.8, 4) is 0 Å². The molecule has 0 aliphatic carbocycles. The van der Waals surface area contributed by atoms with Crippen LogP contribution in [0.25, 0.3) is 0 Å². The fourth-order valence-corrected chi connectivity index (χ4v) is 3.43. The lowest BCUT2D eigenvalue weighted by molar-refractivity contribution is -0.146. The summed E-state index contributed by atoms with van der Waals surface area (Å²) in [6, 6.07) is 16.7. The van der Waals surface area contributed by atoms with Crippen molar-refractivity contribution in [1.29, 1.82) is 0 Å². The number of esters is 1. The number of hydrogen-bond donors (Lipinski definition) is 2. The van der Waals surface area contributed by atoms with Crippen molar-refractivity contribution >= 4 is 11.9 Å². The van der Waals surface area contributed by atoms with Gasteiger partial charge in [-0.3, -0.25) is 4.79 Å². The molecule has 0 aromatic heterocycles. The highest BCUT2D eigenvalue weighted by Gasteiger charge is 2.28. The summed E-state index contributed by atoms with van der Waals surface area (Å²) in [6.07, 6.45) is 3.09. The zero-order valence-corrected chi connectivity index (χ0v) is 18.2. The molecule has 0 fully saturated rings. The Hall–Kier alpha value is -3.16. The number of aliphatic hydroxyl groups is 1. The van der Waals surface area contributed by atoms with Crippen LogP contribution in [0.5, 0.6) is 0 Å². The molecule has 2 atom stereocenters. The van der Waals surface area contributed by atoms with Crippen molar-refractivity contribution in [1.82, 2.24) is 5.32 Å². The van der Waals surface area contributed by atoms with E-state index in [0.29, 0.717) is 38.0 Å². The maximum Gasteiger partial charge on any atom is 0.337 e. The number of benzene rings is 2. The molecule has 0 unspecified atom stereocenters. The SMILES string of the molecule is COC(=O)c1ccc([C@@H]2C=C(C(=O)NCc3ccccc3)O[C@H](OCCCCO)C2)cc1. The van der Waals surface area contributed by atoms with Crippen LogP contribution in [0.3, 0.4) is 0 Å². The molecule has 1 amide bonds. The minimum atomic E-state index is -0.582. The predicted octanol–water partition coefficient (Wildman–Crippen LogP) is 3.29. The molecule has 3 rings (SSSR count). The minimum Gasteiger partial charge on any atom is -0.465 e. The molecular formula is C25H29NO6. The first-order chi connectivity index (χ1) is 15.6. The summed E-state index contributed by atoms with van der Waals surface area (Å²) in [7, 11) is 1.34. The number of amides is 1. The fourth-order valence-electron chi connectivity index (χ4n) is 3.43. The van der Waals surface area contributed by atoms with Gasteiger partial charge < -0.3 is 24.6 Å². The van der Waals surface area contributed by atoms with Crippen LogP contribution in [0.2, 0.25) is 0 Å². The van der Waals surface area contributed by atoms with Gasteiger partial charge in [-0.1, -0.05) is 42.5 Å². The number of nitrogens with one attached hydrogen (secondary N) is 1. The summed E-state index contributed by atoms with van der Waals surface area (Å²) >= 11 is 0. The molecule has 0 radical (unpaired) electrons. The lowest BCUT2D eigenvalue weighted by Crippen LogP contribution is -2.32. The van der Waals surface area contributed by atoms with Crippen molar-refractivity contribution in [3.63, 3.8) is 0 Å². The van der Waals surface area contributed by atoms with Gasteiger partial charge in [-0.05, 0) is 42.2 Å². The molecule has 0 saturated heterocycles. The second-order valence-corrected chi connectivity index (χ2v) is 7.50. The van der Waals surface area contributed by atoms with Crippen molar-refractivity contribution < 1.29 is 28.9 Å². The first-order valence-corrected chi connectivity index (χ1v) is 10.7. The van der Waals surface area contributed by atoms with E-state index in [1.807, 2.05) is 42.5 Å². The lowest BCUT2D eigenvalue weighted by Gasteiger charge is -2.29. The molecule has 1 aliphatic rings. The Kier molecular flexibility index (Phi) is 8.83. The van der Waals surface area contributed by atoms with Gasteiger partial charge in [-0.15, -0.1) is 0 Å². The normalized spacial score (nSPS) is 17.8. The van der Waals surface area contributed by atoms with Crippen molar-refractivity contribution in [2.45, 2.75) is 38.0 Å². The molecule has 2 aromatic carbocycles. The summed E-state index contributed by atoms with van der Waals surface area (Å²) in [5, 5.41) is 11.8. The minimum absolute atomic E-state index is 0.108. The zero-order valence-electron chi connectivity index (χ0n) is 18.2. The smallest absolute Gasteiger partial charge is 0.337 e. The lowest BCUT2D eigenvalue weighted by atomic mass is 9.92. The van der Waals surface area contributed by atoms with Gasteiger partial charge in [0.05, 0.1) is 19.3 Å². The third kappa shape index (κ3) is 6.67. The number of aliphatic hydroxyl groups excluding tert-OH is 1. The van der Waals surface area contributed by atoms with Gasteiger partial charge in [-0.2, -0.15) is 0 Å². The van der Waals surface area contributed by atoms with Gasteiger partial charge >= 0.3 is 5.97 Å². The summed E-state index contributed by atoms with van der Waals surface area (Å²) in [5.41, 5.74) is 2.40. The third-order valence-corrected chi connectivity index (χ3v) is 5.19. The number of carbonyl (C=O) groups excluding carboxylic acids is 2. The Morgan fingerprint density at radius 2 is 1.84 bits per heavy atom. The summed E-state index contributed by atoms with van der Waals surface area (Å²) in [4.78, 5) is 24.5. The van der Waals surface area contributed by atoms with E-state index < -0.39 is 12.3 Å². The molecule has 1 heterocycles. The molecule has 0 spiro atoms. The maximum absolute atomic E-state index is 12.8. The average molecular weight is 440 g/mol. The van der Waals surface area contributed by atoms with Gasteiger partial charge in [0.15, 0.2) is 5.76 Å². The largest absolute Gasteiger partial charge is 0.465 e. The van der Waals surface area contributed by atoms with E-state index in [2.05, 4.69) is 5.32 Å². The van der Waals surface area contributed by atoms with Crippen LogP contribution in [0.15, 0.2) is 66.4 Å². The van der Waals surface area contributed by atoms with Crippen LogP contribution >= 0.6 is 0 Å². The summed E-state index contributed by atoms with van der Waals surface area (Å²) in [6.45, 7) is 0.927. The van der Waals surface area contributed by atoms with Crippen molar-refractivity contribution in [2.24, 2.45) is 0 Å². The highest BCUT2D eigenvalue weighted by molar-refractivity contribution is 5.91.